The predicted octanol–water partition coefficient (Wildman–Crippen LogP) is 3.14. The van der Waals surface area contributed by atoms with Gasteiger partial charge in [0, 0.05) is 6.42 Å². The van der Waals surface area contributed by atoms with Crippen LogP contribution in [0.2, 0.25) is 0 Å². The fourth-order valence-electron chi connectivity index (χ4n) is 6.21. The number of carbonyl (C=O) groups excluding carboxylic acids is 3. The summed E-state index contributed by atoms with van der Waals surface area (Å²) in [6.07, 6.45) is 8.04. The minimum absolute atomic E-state index is 0.0641. The topological polar surface area (TPSA) is 94.8 Å². The summed E-state index contributed by atoms with van der Waals surface area (Å²) >= 11 is 0. The minimum atomic E-state index is -0.530. The van der Waals surface area contributed by atoms with Crippen molar-refractivity contribution in [1.82, 2.24) is 5.32 Å². The number of nitrogens with one attached hydrogen (secondary N) is 1. The van der Waals surface area contributed by atoms with Gasteiger partial charge < -0.3 is 19.2 Å². The number of furan rings is 1. The van der Waals surface area contributed by atoms with Crippen LogP contribution in [0.3, 0.4) is 0 Å². The smallest absolute Gasteiger partial charge is 0.341 e. The number of methoxy groups -OCH3 is 1. The van der Waals surface area contributed by atoms with Crippen LogP contribution in [0.15, 0.2) is 10.5 Å². The van der Waals surface area contributed by atoms with E-state index in [1.54, 1.807) is 6.92 Å². The second kappa shape index (κ2) is 7.84. The molecule has 4 bridgehead atoms. The largest absolute Gasteiger partial charge is 0.465 e. The molecule has 29 heavy (non-hydrogen) atoms. The highest BCUT2D eigenvalue weighted by Gasteiger charge is 2.51. The molecule has 7 nitrogen and oxygen atoms in total. The normalized spacial score (nSPS) is 29.5. The highest BCUT2D eigenvalue weighted by molar-refractivity contribution is 5.90. The molecule has 0 unspecified atom stereocenters. The van der Waals surface area contributed by atoms with Crippen molar-refractivity contribution >= 4 is 17.8 Å². The van der Waals surface area contributed by atoms with E-state index >= 15 is 0 Å². The average Bonchev–Trinajstić information content (AvgIpc) is 3.03. The highest BCUT2D eigenvalue weighted by atomic mass is 16.5. The number of ether oxygens (including phenoxy) is 2. The van der Waals surface area contributed by atoms with Gasteiger partial charge in [0.05, 0.1) is 7.11 Å². The van der Waals surface area contributed by atoms with Crippen LogP contribution in [-0.4, -0.2) is 31.5 Å². The lowest BCUT2D eigenvalue weighted by molar-refractivity contribution is -0.146. The predicted molar refractivity (Wildman–Crippen MR) is 103 cm³/mol. The Bertz CT molecular complexity index is 775. The average molecular weight is 403 g/mol. The van der Waals surface area contributed by atoms with Gasteiger partial charge in [-0.3, -0.25) is 9.59 Å². The first-order chi connectivity index (χ1) is 13.9. The van der Waals surface area contributed by atoms with Crippen LogP contribution in [0.5, 0.6) is 0 Å². The Balaban J connectivity index is 1.22. The molecule has 1 N–H and O–H groups in total. The molecule has 158 valence electrons. The fraction of sp³-hybridized carbons (Fsp3) is 0.682. The Morgan fingerprint density at radius 1 is 1.14 bits per heavy atom. The molecule has 1 aromatic heterocycles. The molecule has 1 aromatic rings. The third kappa shape index (κ3) is 4.33. The van der Waals surface area contributed by atoms with Gasteiger partial charge in [-0.15, -0.1) is 0 Å². The zero-order valence-corrected chi connectivity index (χ0v) is 17.1. The fourth-order valence-corrected chi connectivity index (χ4v) is 6.21. The zero-order valence-electron chi connectivity index (χ0n) is 17.1. The second-order valence-corrected chi connectivity index (χ2v) is 9.21. The van der Waals surface area contributed by atoms with Gasteiger partial charge in [0.15, 0.2) is 0 Å². The Hall–Kier alpha value is -2.31. The molecule has 0 saturated heterocycles. The molecule has 5 rings (SSSR count). The Labute approximate surface area is 170 Å². The van der Waals surface area contributed by atoms with Crippen molar-refractivity contribution in [3.63, 3.8) is 0 Å². The summed E-state index contributed by atoms with van der Waals surface area (Å²) in [5.74, 6) is 2.06. The lowest BCUT2D eigenvalue weighted by Crippen LogP contribution is -2.48. The zero-order chi connectivity index (χ0) is 20.6. The van der Waals surface area contributed by atoms with Crippen LogP contribution in [0, 0.1) is 30.1 Å². The maximum atomic E-state index is 12.5. The van der Waals surface area contributed by atoms with E-state index in [0.29, 0.717) is 23.5 Å². The number of esters is 2. The van der Waals surface area contributed by atoms with E-state index in [0.717, 1.165) is 37.0 Å². The van der Waals surface area contributed by atoms with Crippen molar-refractivity contribution in [2.75, 3.05) is 13.7 Å². The van der Waals surface area contributed by atoms with Crippen LogP contribution < -0.4 is 5.32 Å². The van der Waals surface area contributed by atoms with Crippen molar-refractivity contribution in [1.29, 1.82) is 0 Å². The number of carbonyl (C=O) groups is 3. The number of rotatable bonds is 7. The summed E-state index contributed by atoms with van der Waals surface area (Å²) in [4.78, 5) is 36.1. The van der Waals surface area contributed by atoms with Gasteiger partial charge in [0.25, 0.3) is 0 Å². The van der Waals surface area contributed by atoms with Crippen LogP contribution in [0.4, 0.5) is 0 Å². The Kier molecular flexibility index (Phi) is 5.40. The monoisotopic (exact) mass is 403 g/mol. The van der Waals surface area contributed by atoms with Crippen molar-refractivity contribution < 1.29 is 28.3 Å². The van der Waals surface area contributed by atoms with E-state index in [-0.39, 0.29) is 24.5 Å². The number of amides is 1. The van der Waals surface area contributed by atoms with Gasteiger partial charge in [0.2, 0.25) is 5.91 Å². The quantitative estimate of drug-likeness (QED) is 0.703. The molecular weight excluding hydrogens is 374 g/mol. The lowest BCUT2D eigenvalue weighted by atomic mass is 9.49. The molecule has 7 heteroatoms. The van der Waals surface area contributed by atoms with Crippen molar-refractivity contribution in [3.05, 3.63) is 23.2 Å². The summed E-state index contributed by atoms with van der Waals surface area (Å²) in [6.45, 7) is 1.39. The lowest BCUT2D eigenvalue weighted by Gasteiger charge is -2.56. The second-order valence-electron chi connectivity index (χ2n) is 9.21. The number of hydrogen-bond donors (Lipinski definition) is 1. The molecule has 4 saturated carbocycles. The summed E-state index contributed by atoms with van der Waals surface area (Å²) in [7, 11) is 1.29. The van der Waals surface area contributed by atoms with Crippen molar-refractivity contribution in [3.8, 4) is 0 Å². The first-order valence-corrected chi connectivity index (χ1v) is 10.5. The van der Waals surface area contributed by atoms with E-state index in [9.17, 15) is 14.4 Å². The Morgan fingerprint density at radius 3 is 2.34 bits per heavy atom. The molecule has 4 fully saturated rings. The standard InChI is InChI=1S/C22H29NO6/c1-13-18(21(26)27-2)6-17(29-13)12-28-20(25)11-23-19(24)10-22-7-14-3-15(8-22)5-16(4-14)9-22/h6,14-16H,3-5,7-12H2,1-2H3,(H,23,24). The minimum Gasteiger partial charge on any atom is -0.465 e. The molecule has 0 spiro atoms. The van der Waals surface area contributed by atoms with Crippen molar-refractivity contribution in [2.45, 2.75) is 58.5 Å². The van der Waals surface area contributed by atoms with Gasteiger partial charge in [-0.25, -0.2) is 4.79 Å². The van der Waals surface area contributed by atoms with Gasteiger partial charge in [-0.05, 0) is 74.7 Å². The van der Waals surface area contributed by atoms with Gasteiger partial charge >= 0.3 is 11.9 Å². The maximum Gasteiger partial charge on any atom is 0.341 e. The molecule has 1 heterocycles. The molecule has 0 radical (unpaired) electrons. The summed E-state index contributed by atoms with van der Waals surface area (Å²) in [6, 6.07) is 1.50. The van der Waals surface area contributed by atoms with E-state index in [4.69, 9.17) is 9.15 Å². The molecule has 0 aliphatic heterocycles. The number of hydrogen-bond acceptors (Lipinski definition) is 6. The van der Waals surface area contributed by atoms with E-state index < -0.39 is 11.9 Å². The van der Waals surface area contributed by atoms with Gasteiger partial charge in [-0.2, -0.15) is 0 Å². The third-order valence-electron chi connectivity index (χ3n) is 6.88. The molecule has 1 amide bonds. The molecule has 4 aliphatic rings. The molecular formula is C22H29NO6. The summed E-state index contributed by atoms with van der Waals surface area (Å²) < 4.78 is 15.2. The van der Waals surface area contributed by atoms with E-state index in [1.807, 2.05) is 0 Å². The van der Waals surface area contributed by atoms with Crippen molar-refractivity contribution in [2.24, 2.45) is 23.2 Å². The van der Waals surface area contributed by atoms with Crippen LogP contribution in [0.1, 0.15) is 66.8 Å². The maximum absolute atomic E-state index is 12.5. The van der Waals surface area contributed by atoms with Crippen LogP contribution in [-0.2, 0) is 25.7 Å². The van der Waals surface area contributed by atoms with E-state index in [2.05, 4.69) is 10.1 Å². The van der Waals surface area contributed by atoms with Gasteiger partial charge in [-0.1, -0.05) is 0 Å². The molecule has 0 aromatic carbocycles. The van der Waals surface area contributed by atoms with Gasteiger partial charge in [0.1, 0.15) is 30.2 Å². The Morgan fingerprint density at radius 2 is 1.76 bits per heavy atom. The number of aryl methyl sites for hydroxylation is 1. The third-order valence-corrected chi connectivity index (χ3v) is 6.88. The highest BCUT2D eigenvalue weighted by Crippen LogP contribution is 2.61. The summed E-state index contributed by atoms with van der Waals surface area (Å²) in [5.41, 5.74) is 0.459. The van der Waals surface area contributed by atoms with Crippen LogP contribution >= 0.6 is 0 Å². The summed E-state index contributed by atoms with van der Waals surface area (Å²) in [5, 5.41) is 2.72. The first-order valence-electron chi connectivity index (χ1n) is 10.5. The van der Waals surface area contributed by atoms with Crippen LogP contribution in [0.25, 0.3) is 0 Å². The molecule has 0 atom stereocenters. The first kappa shape index (κ1) is 20.0. The van der Waals surface area contributed by atoms with E-state index in [1.165, 1.54) is 32.4 Å². The molecule has 4 aliphatic carbocycles. The SMILES string of the molecule is COC(=O)c1cc(COC(=O)CNC(=O)CC23CC4CC(CC(C4)C2)C3)oc1C.